The van der Waals surface area contributed by atoms with E-state index in [1.807, 2.05) is 0 Å². The lowest BCUT2D eigenvalue weighted by Gasteiger charge is -2.09. The molecule has 5 heteroatoms. The van der Waals surface area contributed by atoms with Crippen LogP contribution < -0.4 is 5.56 Å². The maximum atomic E-state index is 11.5. The van der Waals surface area contributed by atoms with E-state index < -0.39 is 5.97 Å². The van der Waals surface area contributed by atoms with Gasteiger partial charge in [-0.1, -0.05) is 0 Å². The van der Waals surface area contributed by atoms with E-state index in [4.69, 9.17) is 11.6 Å². The van der Waals surface area contributed by atoms with Gasteiger partial charge in [-0.05, 0) is 12.5 Å². The van der Waals surface area contributed by atoms with Crippen molar-refractivity contribution < 1.29 is 9.53 Å². The van der Waals surface area contributed by atoms with Crippen LogP contribution in [0.2, 0.25) is 0 Å². The first kappa shape index (κ1) is 10.2. The zero-order valence-corrected chi connectivity index (χ0v) is 8.95. The van der Waals surface area contributed by atoms with Crippen molar-refractivity contribution in [3.8, 4) is 0 Å². The third-order valence-electron chi connectivity index (χ3n) is 2.53. The summed E-state index contributed by atoms with van der Waals surface area (Å²) < 4.78 is 6.17. The SMILES string of the molecule is COC(=O)c1ccc(=O)n2c1C(Cl)CC2. The van der Waals surface area contributed by atoms with E-state index in [9.17, 15) is 9.59 Å². The van der Waals surface area contributed by atoms with Crippen LogP contribution in [-0.2, 0) is 11.3 Å². The maximum Gasteiger partial charge on any atom is 0.339 e. The highest BCUT2D eigenvalue weighted by molar-refractivity contribution is 6.21. The summed E-state index contributed by atoms with van der Waals surface area (Å²) in [5.74, 6) is -0.452. The monoisotopic (exact) mass is 227 g/mol. The summed E-state index contributed by atoms with van der Waals surface area (Å²) in [5.41, 5.74) is 0.839. The number of hydrogen-bond donors (Lipinski definition) is 0. The maximum absolute atomic E-state index is 11.5. The van der Waals surface area contributed by atoms with Crippen LogP contribution in [0, 0.1) is 0 Å². The molecule has 1 aliphatic rings. The Morgan fingerprint density at radius 1 is 1.60 bits per heavy atom. The Morgan fingerprint density at radius 3 is 3.00 bits per heavy atom. The van der Waals surface area contributed by atoms with Gasteiger partial charge >= 0.3 is 5.97 Å². The molecule has 0 radical (unpaired) electrons. The summed E-state index contributed by atoms with van der Waals surface area (Å²) >= 11 is 6.05. The molecule has 0 spiro atoms. The van der Waals surface area contributed by atoms with Gasteiger partial charge in [-0.15, -0.1) is 11.6 Å². The molecule has 0 amide bonds. The highest BCUT2D eigenvalue weighted by Gasteiger charge is 2.27. The number of hydrogen-bond acceptors (Lipinski definition) is 3. The van der Waals surface area contributed by atoms with Crippen LogP contribution in [0.15, 0.2) is 16.9 Å². The van der Waals surface area contributed by atoms with Crippen molar-refractivity contribution in [3.05, 3.63) is 33.7 Å². The number of esters is 1. The second kappa shape index (κ2) is 3.70. The molecule has 0 fully saturated rings. The lowest BCUT2D eigenvalue weighted by molar-refractivity contribution is 0.0598. The van der Waals surface area contributed by atoms with Crippen molar-refractivity contribution >= 4 is 17.6 Å². The molecule has 2 rings (SSSR count). The Morgan fingerprint density at radius 2 is 2.33 bits per heavy atom. The molecule has 80 valence electrons. The quantitative estimate of drug-likeness (QED) is 0.537. The van der Waals surface area contributed by atoms with Crippen LogP contribution in [-0.4, -0.2) is 17.6 Å². The van der Waals surface area contributed by atoms with Crippen molar-refractivity contribution in [2.45, 2.75) is 18.3 Å². The highest BCUT2D eigenvalue weighted by atomic mass is 35.5. The van der Waals surface area contributed by atoms with Gasteiger partial charge in [0.05, 0.1) is 23.7 Å². The van der Waals surface area contributed by atoms with Crippen LogP contribution in [0.5, 0.6) is 0 Å². The summed E-state index contributed by atoms with van der Waals surface area (Å²) in [4.78, 5) is 22.9. The van der Waals surface area contributed by atoms with E-state index in [0.29, 0.717) is 24.2 Å². The molecular formula is C10H10ClNO3. The van der Waals surface area contributed by atoms with Crippen molar-refractivity contribution in [3.63, 3.8) is 0 Å². The van der Waals surface area contributed by atoms with E-state index in [2.05, 4.69) is 4.74 Å². The third-order valence-corrected chi connectivity index (χ3v) is 2.96. The number of carbonyl (C=O) groups is 1. The van der Waals surface area contributed by atoms with Crippen LogP contribution in [0.25, 0.3) is 0 Å². The minimum Gasteiger partial charge on any atom is -0.465 e. The normalized spacial score (nSPS) is 18.7. The largest absolute Gasteiger partial charge is 0.465 e. The number of halogens is 1. The molecule has 1 aliphatic heterocycles. The predicted molar refractivity (Wildman–Crippen MR) is 55.3 cm³/mol. The molecular weight excluding hydrogens is 218 g/mol. The second-order valence-corrected chi connectivity index (χ2v) is 3.90. The fraction of sp³-hybridized carbons (Fsp3) is 0.400. The van der Waals surface area contributed by atoms with E-state index in [-0.39, 0.29) is 10.9 Å². The van der Waals surface area contributed by atoms with E-state index in [0.717, 1.165) is 0 Å². The summed E-state index contributed by atoms with van der Waals surface area (Å²) in [6.07, 6.45) is 0.671. The number of ether oxygens (including phenoxy) is 1. The molecule has 1 atom stereocenters. The lowest BCUT2D eigenvalue weighted by Crippen LogP contribution is -2.21. The zero-order chi connectivity index (χ0) is 11.0. The molecule has 15 heavy (non-hydrogen) atoms. The standard InChI is InChI=1S/C10H10ClNO3/c1-15-10(14)6-2-3-8(13)12-5-4-7(11)9(6)12/h2-3,7H,4-5H2,1H3. The first-order valence-electron chi connectivity index (χ1n) is 4.61. The molecule has 2 heterocycles. The van der Waals surface area contributed by atoms with E-state index in [1.54, 1.807) is 0 Å². The number of nitrogens with zero attached hydrogens (tertiary/aromatic N) is 1. The molecule has 0 bridgehead atoms. The van der Waals surface area contributed by atoms with Gasteiger partial charge in [0, 0.05) is 12.6 Å². The first-order chi connectivity index (χ1) is 7.15. The minimum absolute atomic E-state index is 0.124. The van der Waals surface area contributed by atoms with Gasteiger partial charge < -0.3 is 9.30 Å². The highest BCUT2D eigenvalue weighted by Crippen LogP contribution is 2.32. The number of alkyl halides is 1. The van der Waals surface area contributed by atoms with Gasteiger partial charge in [0.25, 0.3) is 5.56 Å². The van der Waals surface area contributed by atoms with Crippen LogP contribution in [0.4, 0.5) is 0 Å². The lowest BCUT2D eigenvalue weighted by atomic mass is 10.1. The molecule has 0 saturated heterocycles. The van der Waals surface area contributed by atoms with Gasteiger partial charge in [-0.25, -0.2) is 4.79 Å². The van der Waals surface area contributed by atoms with E-state index in [1.165, 1.54) is 23.8 Å². The average Bonchev–Trinajstić information content (AvgIpc) is 2.62. The van der Waals surface area contributed by atoms with Gasteiger partial charge in [0.1, 0.15) is 0 Å². The predicted octanol–water partition coefficient (Wildman–Crippen LogP) is 1.32. The van der Waals surface area contributed by atoms with Crippen LogP contribution in [0.1, 0.15) is 27.8 Å². The van der Waals surface area contributed by atoms with Crippen molar-refractivity contribution in [2.24, 2.45) is 0 Å². The molecule has 0 aliphatic carbocycles. The number of methoxy groups -OCH3 is 1. The first-order valence-corrected chi connectivity index (χ1v) is 5.05. The third kappa shape index (κ3) is 1.55. The van der Waals surface area contributed by atoms with E-state index >= 15 is 0 Å². The van der Waals surface area contributed by atoms with Crippen molar-refractivity contribution in [2.75, 3.05) is 7.11 Å². The van der Waals surface area contributed by atoms with Crippen LogP contribution >= 0.6 is 11.6 Å². The Bertz CT molecular complexity index is 466. The Labute approximate surface area is 91.4 Å². The topological polar surface area (TPSA) is 48.3 Å². The van der Waals surface area contributed by atoms with Gasteiger partial charge in [-0.2, -0.15) is 0 Å². The second-order valence-electron chi connectivity index (χ2n) is 3.37. The molecule has 0 aromatic carbocycles. The van der Waals surface area contributed by atoms with Gasteiger partial charge in [0.2, 0.25) is 0 Å². The van der Waals surface area contributed by atoms with Crippen molar-refractivity contribution in [1.82, 2.24) is 4.57 Å². The van der Waals surface area contributed by atoms with Crippen LogP contribution in [0.3, 0.4) is 0 Å². The average molecular weight is 228 g/mol. The fourth-order valence-corrected chi connectivity index (χ4v) is 2.16. The molecule has 1 aromatic heterocycles. The molecule has 1 unspecified atom stereocenters. The van der Waals surface area contributed by atoms with Gasteiger partial charge in [0.15, 0.2) is 0 Å². The molecule has 0 saturated carbocycles. The minimum atomic E-state index is -0.452. The van der Waals surface area contributed by atoms with Gasteiger partial charge in [-0.3, -0.25) is 4.79 Å². The summed E-state index contributed by atoms with van der Waals surface area (Å²) in [5, 5.41) is -0.284. The number of fused-ring (bicyclic) bond motifs is 1. The smallest absolute Gasteiger partial charge is 0.339 e. The number of carbonyl (C=O) groups excluding carboxylic acids is 1. The summed E-state index contributed by atoms with van der Waals surface area (Å²) in [6, 6.07) is 2.84. The number of rotatable bonds is 1. The van der Waals surface area contributed by atoms with Crippen molar-refractivity contribution in [1.29, 1.82) is 0 Å². The fourth-order valence-electron chi connectivity index (χ4n) is 1.82. The summed E-state index contributed by atoms with van der Waals surface area (Å²) in [6.45, 7) is 0.563. The Hall–Kier alpha value is -1.29. The number of pyridine rings is 1. The molecule has 0 N–H and O–H groups in total. The summed E-state index contributed by atoms with van der Waals surface area (Å²) in [7, 11) is 1.31. The zero-order valence-electron chi connectivity index (χ0n) is 8.20. The molecule has 1 aromatic rings. The number of aromatic nitrogens is 1. The Balaban J connectivity index is 2.64. The Kier molecular flexibility index (Phi) is 2.52. The molecule has 4 nitrogen and oxygen atoms in total.